The van der Waals surface area contributed by atoms with E-state index in [0.29, 0.717) is 0 Å². The van der Waals surface area contributed by atoms with E-state index in [2.05, 4.69) is 41.3 Å². The van der Waals surface area contributed by atoms with Crippen LogP contribution < -0.4 is 4.90 Å². The lowest BCUT2D eigenvalue weighted by Crippen LogP contribution is -2.24. The molecule has 148 valence electrons. The van der Waals surface area contributed by atoms with Crippen LogP contribution in [0.25, 0.3) is 20.9 Å². The molecule has 0 aliphatic heterocycles. The molecule has 6 heteroatoms. The Balaban J connectivity index is 1.82. The lowest BCUT2D eigenvalue weighted by Gasteiger charge is -2.18. The number of anilines is 1. The van der Waals surface area contributed by atoms with Gasteiger partial charge in [0, 0.05) is 29.5 Å². The van der Waals surface area contributed by atoms with Crippen LogP contribution in [0, 0.1) is 0 Å². The van der Waals surface area contributed by atoms with E-state index in [1.807, 2.05) is 26.2 Å². The van der Waals surface area contributed by atoms with Gasteiger partial charge in [-0.1, -0.05) is 24.3 Å². The van der Waals surface area contributed by atoms with E-state index in [-0.39, 0.29) is 4.90 Å². The minimum atomic E-state index is -3.77. The van der Waals surface area contributed by atoms with Crippen molar-refractivity contribution < 1.29 is 12.6 Å². The summed E-state index contributed by atoms with van der Waals surface area (Å²) in [6.07, 6.45) is 0. The lowest BCUT2D eigenvalue weighted by molar-refractivity contribution is 0.139. The molecular weight excluding hydrogens is 390 g/mol. The van der Waals surface area contributed by atoms with Gasteiger partial charge in [0.2, 0.25) is 0 Å². The van der Waals surface area contributed by atoms with Crippen LogP contribution in [-0.2, 0) is 14.3 Å². The highest BCUT2D eigenvalue weighted by atomic mass is 32.2. The van der Waals surface area contributed by atoms with Crippen molar-refractivity contribution in [3.8, 4) is 20.9 Å². The maximum absolute atomic E-state index is 12.3. The van der Waals surface area contributed by atoms with Crippen LogP contribution in [0.1, 0.15) is 20.8 Å². The molecule has 0 saturated carbocycles. The Bertz CT molecular complexity index is 1040. The van der Waals surface area contributed by atoms with Crippen LogP contribution in [0.4, 0.5) is 5.69 Å². The number of rotatable bonds is 5. The van der Waals surface area contributed by atoms with Crippen LogP contribution in [0.15, 0.2) is 65.6 Å². The third-order valence-electron chi connectivity index (χ3n) is 4.06. The molecule has 0 N–H and O–H groups in total. The molecule has 0 atom stereocenters. The molecule has 3 aromatic rings. The van der Waals surface area contributed by atoms with E-state index in [1.54, 1.807) is 44.2 Å². The summed E-state index contributed by atoms with van der Waals surface area (Å²) in [5.74, 6) is 0. The molecule has 4 nitrogen and oxygen atoms in total. The van der Waals surface area contributed by atoms with Crippen molar-refractivity contribution in [2.45, 2.75) is 31.3 Å². The first-order valence-electron chi connectivity index (χ1n) is 8.99. The van der Waals surface area contributed by atoms with Crippen LogP contribution in [0.3, 0.4) is 0 Å². The van der Waals surface area contributed by atoms with Crippen LogP contribution in [0.2, 0.25) is 0 Å². The first-order chi connectivity index (χ1) is 13.0. The second-order valence-electron chi connectivity index (χ2n) is 7.78. The molecule has 0 unspecified atom stereocenters. The van der Waals surface area contributed by atoms with E-state index in [1.165, 1.54) is 10.4 Å². The molecule has 0 amide bonds. The Morgan fingerprint density at radius 2 is 1.25 bits per heavy atom. The second-order valence-corrected chi connectivity index (χ2v) is 10.4. The van der Waals surface area contributed by atoms with Gasteiger partial charge in [0.05, 0.1) is 10.5 Å². The maximum atomic E-state index is 12.3. The van der Waals surface area contributed by atoms with E-state index in [9.17, 15) is 8.42 Å². The Kier molecular flexibility index (Phi) is 5.66. The molecule has 0 bridgehead atoms. The summed E-state index contributed by atoms with van der Waals surface area (Å²) in [6.45, 7) is 5.16. The number of benzene rings is 2. The molecule has 0 aliphatic rings. The van der Waals surface area contributed by atoms with Gasteiger partial charge in [0.1, 0.15) is 0 Å². The van der Waals surface area contributed by atoms with Crippen LogP contribution >= 0.6 is 11.3 Å². The molecular formula is C22H25NO3S2. The molecule has 2 aromatic carbocycles. The van der Waals surface area contributed by atoms with Crippen molar-refractivity contribution in [3.05, 3.63) is 60.7 Å². The SMILES string of the molecule is CN(C)c1ccc(-c2ccc(-c3ccc(S(=O)(=O)OC(C)(C)C)cc3)s2)cc1. The minimum Gasteiger partial charge on any atom is -0.378 e. The zero-order valence-corrected chi connectivity index (χ0v) is 18.4. The lowest BCUT2D eigenvalue weighted by atomic mass is 10.1. The summed E-state index contributed by atoms with van der Waals surface area (Å²) >= 11 is 1.68. The third-order valence-corrected chi connectivity index (χ3v) is 6.81. The second kappa shape index (κ2) is 7.70. The fourth-order valence-corrected chi connectivity index (χ4v) is 4.98. The Morgan fingerprint density at radius 3 is 1.68 bits per heavy atom. The Labute approximate surface area is 171 Å². The fourth-order valence-electron chi connectivity index (χ4n) is 2.74. The molecule has 0 fully saturated rings. The highest BCUT2D eigenvalue weighted by molar-refractivity contribution is 7.86. The van der Waals surface area contributed by atoms with Crippen molar-refractivity contribution >= 4 is 27.1 Å². The molecule has 0 saturated heterocycles. The van der Waals surface area contributed by atoms with Gasteiger partial charge >= 0.3 is 0 Å². The van der Waals surface area contributed by atoms with Gasteiger partial charge in [0.25, 0.3) is 10.1 Å². The van der Waals surface area contributed by atoms with Gasteiger partial charge in [-0.15, -0.1) is 11.3 Å². The Hall–Kier alpha value is -2.15. The first kappa shape index (κ1) is 20.6. The monoisotopic (exact) mass is 415 g/mol. The highest BCUT2D eigenvalue weighted by Crippen LogP contribution is 2.35. The Morgan fingerprint density at radius 1 is 0.786 bits per heavy atom. The quantitative estimate of drug-likeness (QED) is 0.505. The average molecular weight is 416 g/mol. The van der Waals surface area contributed by atoms with Gasteiger partial charge in [0.15, 0.2) is 0 Å². The van der Waals surface area contributed by atoms with E-state index >= 15 is 0 Å². The van der Waals surface area contributed by atoms with Crippen molar-refractivity contribution in [1.82, 2.24) is 0 Å². The van der Waals surface area contributed by atoms with Gasteiger partial charge in [-0.3, -0.25) is 4.18 Å². The molecule has 1 heterocycles. The highest BCUT2D eigenvalue weighted by Gasteiger charge is 2.23. The summed E-state index contributed by atoms with van der Waals surface area (Å²) < 4.78 is 29.9. The normalized spacial score (nSPS) is 12.2. The topological polar surface area (TPSA) is 46.6 Å². The molecule has 0 spiro atoms. The number of thiophene rings is 1. The summed E-state index contributed by atoms with van der Waals surface area (Å²) in [6, 6.07) is 19.4. The van der Waals surface area contributed by atoms with Crippen molar-refractivity contribution in [2.75, 3.05) is 19.0 Å². The van der Waals surface area contributed by atoms with Crippen molar-refractivity contribution in [1.29, 1.82) is 0 Å². The minimum absolute atomic E-state index is 0.169. The number of hydrogen-bond acceptors (Lipinski definition) is 5. The number of hydrogen-bond donors (Lipinski definition) is 0. The van der Waals surface area contributed by atoms with Gasteiger partial charge in [-0.25, -0.2) is 0 Å². The third kappa shape index (κ3) is 4.82. The maximum Gasteiger partial charge on any atom is 0.297 e. The van der Waals surface area contributed by atoms with Gasteiger partial charge < -0.3 is 4.90 Å². The number of nitrogens with zero attached hydrogens (tertiary/aromatic N) is 1. The molecule has 0 radical (unpaired) electrons. The summed E-state index contributed by atoms with van der Waals surface area (Å²) in [5, 5.41) is 0. The van der Waals surface area contributed by atoms with Crippen molar-refractivity contribution in [3.63, 3.8) is 0 Å². The largest absolute Gasteiger partial charge is 0.378 e. The van der Waals surface area contributed by atoms with Gasteiger partial charge in [-0.05, 0) is 68.3 Å². The standard InChI is InChI=1S/C22H25NO3S2/c1-22(2,3)26-28(24,25)19-12-8-17(9-13-19)21-15-14-20(27-21)16-6-10-18(11-7-16)23(4)5/h6-15H,1-5H3. The molecule has 1 aromatic heterocycles. The smallest absolute Gasteiger partial charge is 0.297 e. The van der Waals surface area contributed by atoms with Crippen molar-refractivity contribution in [2.24, 2.45) is 0 Å². The zero-order valence-electron chi connectivity index (χ0n) is 16.8. The summed E-state index contributed by atoms with van der Waals surface area (Å²) in [5.41, 5.74) is 2.55. The summed E-state index contributed by atoms with van der Waals surface area (Å²) in [4.78, 5) is 4.51. The van der Waals surface area contributed by atoms with Crippen LogP contribution in [-0.4, -0.2) is 28.1 Å². The predicted molar refractivity (Wildman–Crippen MR) is 118 cm³/mol. The first-order valence-corrected chi connectivity index (χ1v) is 11.2. The van der Waals surface area contributed by atoms with Gasteiger partial charge in [-0.2, -0.15) is 8.42 Å². The molecule has 3 rings (SSSR count). The zero-order chi connectivity index (χ0) is 20.5. The predicted octanol–water partition coefficient (Wildman–Crippen LogP) is 5.65. The van der Waals surface area contributed by atoms with E-state index in [4.69, 9.17) is 4.18 Å². The van der Waals surface area contributed by atoms with Crippen LogP contribution in [0.5, 0.6) is 0 Å². The summed E-state index contributed by atoms with van der Waals surface area (Å²) in [7, 11) is 0.278. The fraction of sp³-hybridized carbons (Fsp3) is 0.273. The van der Waals surface area contributed by atoms with E-state index < -0.39 is 15.7 Å². The molecule has 28 heavy (non-hydrogen) atoms. The average Bonchev–Trinajstić information content (AvgIpc) is 3.10. The molecule has 0 aliphatic carbocycles. The van der Waals surface area contributed by atoms with E-state index in [0.717, 1.165) is 16.1 Å².